The second-order valence-corrected chi connectivity index (χ2v) is 6.87. The maximum absolute atomic E-state index is 6.17. The smallest absolute Gasteiger partial charge is 0.248 e. The average molecular weight is 352 g/mol. The molecule has 126 valence electrons. The van der Waals surface area contributed by atoms with E-state index in [2.05, 4.69) is 65.0 Å². The van der Waals surface area contributed by atoms with Gasteiger partial charge in [0.05, 0.1) is 0 Å². The molecule has 0 spiro atoms. The van der Waals surface area contributed by atoms with Crippen molar-refractivity contribution in [1.29, 1.82) is 0 Å². The van der Waals surface area contributed by atoms with Gasteiger partial charge < -0.3 is 5.32 Å². The molecule has 1 aromatic heterocycles. The van der Waals surface area contributed by atoms with E-state index in [0.29, 0.717) is 16.9 Å². The van der Waals surface area contributed by atoms with E-state index in [-0.39, 0.29) is 6.04 Å². The number of fused-ring (bicyclic) bond motifs is 1. The number of halogens is 1. The second-order valence-electron chi connectivity index (χ2n) is 6.43. The van der Waals surface area contributed by atoms with Crippen molar-refractivity contribution in [2.24, 2.45) is 0 Å². The molecule has 0 fully saturated rings. The highest BCUT2D eigenvalue weighted by molar-refractivity contribution is 6.30. The van der Waals surface area contributed by atoms with Crippen LogP contribution in [0, 0.1) is 0 Å². The van der Waals surface area contributed by atoms with Crippen molar-refractivity contribution in [3.05, 3.63) is 76.3 Å². The van der Waals surface area contributed by atoms with E-state index in [1.807, 2.05) is 24.3 Å². The second kappa shape index (κ2) is 6.33. The molecule has 0 saturated carbocycles. The Balaban J connectivity index is 1.76. The van der Waals surface area contributed by atoms with Crippen molar-refractivity contribution in [3.8, 4) is 0 Å². The zero-order chi connectivity index (χ0) is 17.4. The maximum atomic E-state index is 6.17. The van der Waals surface area contributed by atoms with Gasteiger partial charge >= 0.3 is 0 Å². The first kappa shape index (κ1) is 15.8. The zero-order valence-electron chi connectivity index (χ0n) is 14.0. The van der Waals surface area contributed by atoms with Crippen LogP contribution in [-0.2, 0) is 0 Å². The van der Waals surface area contributed by atoms with Gasteiger partial charge in [-0.25, -0.2) is 0 Å². The van der Waals surface area contributed by atoms with Gasteiger partial charge in [-0.15, -0.1) is 0 Å². The lowest BCUT2D eigenvalue weighted by molar-refractivity contribution is 0.586. The summed E-state index contributed by atoms with van der Waals surface area (Å²) in [4.78, 5) is 0. The standard InChI is InChI=1S/C19H18ClN5/c1-12(2)13-6-8-14(9-7-13)17-11-18(15-4-3-5-16(20)10-15)25-19(21-17)22-23-24-25/h3-12,18H,1-2H3,(H,21,22,24)/t18-/m1/s1. The molecule has 6 heteroatoms. The summed E-state index contributed by atoms with van der Waals surface area (Å²) in [5, 5.41) is 16.0. The largest absolute Gasteiger partial charge is 0.323 e. The quantitative estimate of drug-likeness (QED) is 0.754. The predicted molar refractivity (Wildman–Crippen MR) is 99.5 cm³/mol. The van der Waals surface area contributed by atoms with E-state index in [0.717, 1.165) is 16.8 Å². The van der Waals surface area contributed by atoms with Gasteiger partial charge in [0.1, 0.15) is 6.04 Å². The first-order valence-corrected chi connectivity index (χ1v) is 8.62. The lowest BCUT2D eigenvalue weighted by Crippen LogP contribution is -2.20. The molecule has 5 nitrogen and oxygen atoms in total. The Labute approximate surface area is 151 Å². The Bertz CT molecular complexity index is 927. The highest BCUT2D eigenvalue weighted by atomic mass is 35.5. The molecule has 0 bridgehead atoms. The Kier molecular flexibility index (Phi) is 4.01. The van der Waals surface area contributed by atoms with Gasteiger partial charge in [0, 0.05) is 10.7 Å². The van der Waals surface area contributed by atoms with E-state index in [4.69, 9.17) is 11.6 Å². The van der Waals surface area contributed by atoms with Crippen molar-refractivity contribution < 1.29 is 0 Å². The van der Waals surface area contributed by atoms with Gasteiger partial charge in [0.15, 0.2) is 0 Å². The van der Waals surface area contributed by atoms with Gasteiger partial charge in [0.2, 0.25) is 5.95 Å². The van der Waals surface area contributed by atoms with Gasteiger partial charge in [-0.2, -0.15) is 4.68 Å². The topological polar surface area (TPSA) is 55.6 Å². The van der Waals surface area contributed by atoms with Crippen molar-refractivity contribution in [2.45, 2.75) is 25.8 Å². The number of hydrogen-bond donors (Lipinski definition) is 1. The Morgan fingerprint density at radius 1 is 1.12 bits per heavy atom. The van der Waals surface area contributed by atoms with E-state index < -0.39 is 0 Å². The van der Waals surface area contributed by atoms with Gasteiger partial charge in [-0.1, -0.05) is 66.9 Å². The van der Waals surface area contributed by atoms with Crippen LogP contribution >= 0.6 is 11.6 Å². The fourth-order valence-electron chi connectivity index (χ4n) is 3.00. The SMILES string of the molecule is CC(C)c1ccc(C2=C[C@H](c3cccc(Cl)c3)n3nnnc3N2)cc1. The summed E-state index contributed by atoms with van der Waals surface area (Å²) >= 11 is 6.17. The van der Waals surface area contributed by atoms with Gasteiger partial charge in [0.25, 0.3) is 0 Å². The van der Waals surface area contributed by atoms with Crippen molar-refractivity contribution in [2.75, 3.05) is 5.32 Å². The number of anilines is 1. The van der Waals surface area contributed by atoms with E-state index in [1.54, 1.807) is 4.68 Å². The third-order valence-corrected chi connectivity index (χ3v) is 4.64. The number of nitrogens with one attached hydrogen (secondary N) is 1. The highest BCUT2D eigenvalue weighted by Crippen LogP contribution is 2.32. The molecule has 2 aromatic carbocycles. The average Bonchev–Trinajstić information content (AvgIpc) is 3.09. The number of hydrogen-bond acceptors (Lipinski definition) is 4. The van der Waals surface area contributed by atoms with Crippen LogP contribution in [0.1, 0.15) is 42.5 Å². The van der Waals surface area contributed by atoms with Crippen molar-refractivity contribution in [3.63, 3.8) is 0 Å². The van der Waals surface area contributed by atoms with Crippen LogP contribution in [0.2, 0.25) is 5.02 Å². The van der Waals surface area contributed by atoms with Crippen LogP contribution in [0.3, 0.4) is 0 Å². The first-order valence-electron chi connectivity index (χ1n) is 8.24. The minimum absolute atomic E-state index is 0.107. The highest BCUT2D eigenvalue weighted by Gasteiger charge is 2.24. The molecule has 3 aromatic rings. The lowest BCUT2D eigenvalue weighted by atomic mass is 9.98. The summed E-state index contributed by atoms with van der Waals surface area (Å²) in [6.45, 7) is 4.38. The van der Waals surface area contributed by atoms with Crippen LogP contribution in [-0.4, -0.2) is 20.2 Å². The molecule has 1 atom stereocenters. The Morgan fingerprint density at radius 2 is 1.92 bits per heavy atom. The summed E-state index contributed by atoms with van der Waals surface area (Å²) < 4.78 is 1.76. The molecule has 0 saturated heterocycles. The fraction of sp³-hybridized carbons (Fsp3) is 0.211. The predicted octanol–water partition coefficient (Wildman–Crippen LogP) is 4.51. The normalized spacial score (nSPS) is 16.3. The summed E-state index contributed by atoms with van der Waals surface area (Å²) in [6.07, 6.45) is 2.12. The number of rotatable bonds is 3. The number of allylic oxidation sites excluding steroid dienone is 1. The Hall–Kier alpha value is -2.66. The zero-order valence-corrected chi connectivity index (χ0v) is 14.8. The number of tetrazole rings is 1. The molecule has 2 heterocycles. The molecular weight excluding hydrogens is 334 g/mol. The molecule has 1 N–H and O–H groups in total. The van der Waals surface area contributed by atoms with Crippen molar-refractivity contribution >= 4 is 23.2 Å². The molecule has 0 radical (unpaired) electrons. The molecule has 0 unspecified atom stereocenters. The minimum Gasteiger partial charge on any atom is -0.323 e. The van der Waals surface area contributed by atoms with Crippen molar-refractivity contribution in [1.82, 2.24) is 20.2 Å². The van der Waals surface area contributed by atoms with E-state index >= 15 is 0 Å². The van der Waals surface area contributed by atoms with Crippen LogP contribution in [0.15, 0.2) is 54.6 Å². The number of benzene rings is 2. The lowest BCUT2D eigenvalue weighted by Gasteiger charge is -2.23. The fourth-order valence-corrected chi connectivity index (χ4v) is 3.20. The minimum atomic E-state index is -0.107. The van der Waals surface area contributed by atoms with Crippen LogP contribution in [0.25, 0.3) is 5.70 Å². The van der Waals surface area contributed by atoms with Crippen LogP contribution in [0.4, 0.5) is 5.95 Å². The molecule has 1 aliphatic heterocycles. The first-order chi connectivity index (χ1) is 12.1. The monoisotopic (exact) mass is 351 g/mol. The molecular formula is C19H18ClN5. The molecule has 0 amide bonds. The van der Waals surface area contributed by atoms with Gasteiger partial charge in [-0.3, -0.25) is 0 Å². The molecule has 0 aliphatic carbocycles. The maximum Gasteiger partial charge on any atom is 0.248 e. The Morgan fingerprint density at radius 3 is 2.64 bits per heavy atom. The summed E-state index contributed by atoms with van der Waals surface area (Å²) in [5.41, 5.74) is 4.45. The third-order valence-electron chi connectivity index (χ3n) is 4.41. The molecule has 1 aliphatic rings. The van der Waals surface area contributed by atoms with E-state index in [9.17, 15) is 0 Å². The number of nitrogens with zero attached hydrogens (tertiary/aromatic N) is 4. The van der Waals surface area contributed by atoms with E-state index in [1.165, 1.54) is 5.56 Å². The van der Waals surface area contributed by atoms with Crippen LogP contribution in [0.5, 0.6) is 0 Å². The van der Waals surface area contributed by atoms with Gasteiger partial charge in [-0.05, 0) is 51.2 Å². The molecule has 4 rings (SSSR count). The third kappa shape index (κ3) is 3.03. The molecule has 25 heavy (non-hydrogen) atoms. The summed E-state index contributed by atoms with van der Waals surface area (Å²) in [6, 6.07) is 16.2. The summed E-state index contributed by atoms with van der Waals surface area (Å²) in [5.74, 6) is 1.13. The number of aromatic nitrogens is 4. The summed E-state index contributed by atoms with van der Waals surface area (Å²) in [7, 11) is 0. The van der Waals surface area contributed by atoms with Crippen LogP contribution < -0.4 is 5.32 Å².